The van der Waals surface area contributed by atoms with Crippen molar-refractivity contribution in [2.45, 2.75) is 19.4 Å². The summed E-state index contributed by atoms with van der Waals surface area (Å²) in [5, 5.41) is 3.90. The summed E-state index contributed by atoms with van der Waals surface area (Å²) < 4.78 is 13.1. The largest absolute Gasteiger partial charge is 0.380 e. The predicted molar refractivity (Wildman–Crippen MR) is 72.4 cm³/mol. The minimum Gasteiger partial charge on any atom is -0.380 e. The summed E-state index contributed by atoms with van der Waals surface area (Å²) in [6, 6.07) is 8.50. The lowest BCUT2D eigenvalue weighted by atomic mass is 10.1. The van der Waals surface area contributed by atoms with Gasteiger partial charge in [0, 0.05) is 12.2 Å². The van der Waals surface area contributed by atoms with Crippen molar-refractivity contribution >= 4 is 17.3 Å². The van der Waals surface area contributed by atoms with Crippen molar-refractivity contribution in [1.82, 2.24) is 4.98 Å². The Hall–Kier alpha value is -1.61. The number of hydrogen-bond donors (Lipinski definition) is 1. The van der Waals surface area contributed by atoms with E-state index in [2.05, 4.69) is 10.3 Å². The van der Waals surface area contributed by atoms with Crippen molar-refractivity contribution in [3.63, 3.8) is 0 Å². The van der Waals surface area contributed by atoms with Crippen LogP contribution in [0, 0.1) is 5.82 Å². The van der Waals surface area contributed by atoms with Crippen molar-refractivity contribution in [2.75, 3.05) is 5.32 Å². The molecule has 0 fully saturated rings. The molecule has 1 unspecified atom stereocenters. The van der Waals surface area contributed by atoms with Crippen LogP contribution < -0.4 is 5.32 Å². The van der Waals surface area contributed by atoms with Gasteiger partial charge in [-0.2, -0.15) is 0 Å². The molecule has 0 radical (unpaired) electrons. The summed E-state index contributed by atoms with van der Waals surface area (Å²) in [7, 11) is 0. The van der Waals surface area contributed by atoms with Gasteiger partial charge in [-0.1, -0.05) is 23.7 Å². The van der Waals surface area contributed by atoms with E-state index >= 15 is 0 Å². The molecule has 2 rings (SSSR count). The second-order valence-electron chi connectivity index (χ2n) is 4.23. The van der Waals surface area contributed by atoms with Crippen LogP contribution >= 0.6 is 11.6 Å². The zero-order valence-electron chi connectivity index (χ0n) is 10.0. The average Bonchev–Trinajstić information content (AvgIpc) is 2.32. The first-order chi connectivity index (χ1) is 8.65. The number of anilines is 1. The third-order valence-electron chi connectivity index (χ3n) is 2.60. The van der Waals surface area contributed by atoms with Gasteiger partial charge in [-0.15, -0.1) is 0 Å². The quantitative estimate of drug-likeness (QED) is 0.905. The van der Waals surface area contributed by atoms with Crippen molar-refractivity contribution < 1.29 is 4.39 Å². The number of rotatable bonds is 4. The maximum absolute atomic E-state index is 13.1. The molecule has 0 aliphatic heterocycles. The Bertz CT molecular complexity index is 531. The first kappa shape index (κ1) is 12.8. The fourth-order valence-corrected chi connectivity index (χ4v) is 1.98. The first-order valence-corrected chi connectivity index (χ1v) is 6.13. The topological polar surface area (TPSA) is 24.9 Å². The number of nitrogens with zero attached hydrogens (tertiary/aromatic N) is 1. The average molecular weight is 265 g/mol. The number of pyridine rings is 1. The molecule has 18 heavy (non-hydrogen) atoms. The molecule has 0 saturated heterocycles. The van der Waals surface area contributed by atoms with Gasteiger partial charge in [0.15, 0.2) is 0 Å². The van der Waals surface area contributed by atoms with Crippen LogP contribution in [-0.2, 0) is 6.42 Å². The third-order valence-corrected chi connectivity index (χ3v) is 2.93. The van der Waals surface area contributed by atoms with Gasteiger partial charge in [-0.05, 0) is 37.1 Å². The number of nitrogens with one attached hydrogen (secondary N) is 1. The Balaban J connectivity index is 2.01. The Morgan fingerprint density at radius 1 is 1.39 bits per heavy atom. The van der Waals surface area contributed by atoms with E-state index in [1.54, 1.807) is 30.6 Å². The second-order valence-corrected chi connectivity index (χ2v) is 4.64. The highest BCUT2D eigenvalue weighted by Gasteiger charge is 2.06. The van der Waals surface area contributed by atoms with Crippen LogP contribution in [0.1, 0.15) is 12.5 Å². The number of halogens is 2. The van der Waals surface area contributed by atoms with Gasteiger partial charge in [0.1, 0.15) is 5.82 Å². The molecule has 94 valence electrons. The van der Waals surface area contributed by atoms with E-state index in [1.807, 2.05) is 13.0 Å². The molecule has 0 aliphatic rings. The number of aromatic nitrogens is 1. The summed E-state index contributed by atoms with van der Waals surface area (Å²) >= 11 is 6.03. The fraction of sp³-hybridized carbons (Fsp3) is 0.214. The molecule has 1 N–H and O–H groups in total. The molecule has 0 bridgehead atoms. The highest BCUT2D eigenvalue weighted by atomic mass is 35.5. The molecule has 1 aromatic heterocycles. The van der Waals surface area contributed by atoms with Crippen molar-refractivity contribution in [2.24, 2.45) is 0 Å². The van der Waals surface area contributed by atoms with E-state index in [9.17, 15) is 4.39 Å². The van der Waals surface area contributed by atoms with Crippen molar-refractivity contribution in [3.8, 4) is 0 Å². The third kappa shape index (κ3) is 3.44. The van der Waals surface area contributed by atoms with Crippen molar-refractivity contribution in [1.29, 1.82) is 0 Å². The molecule has 0 amide bonds. The van der Waals surface area contributed by atoms with Crippen LogP contribution in [0.15, 0.2) is 42.7 Å². The standard InChI is InChI=1S/C14H14ClFN2/c1-10(7-11-3-2-4-12(16)8-11)18-14-9-17-6-5-13(14)15/h2-6,8-10,18H,7H2,1H3. The van der Waals surface area contributed by atoms with Crippen LogP contribution in [0.4, 0.5) is 10.1 Å². The molecule has 1 aromatic carbocycles. The Morgan fingerprint density at radius 2 is 2.22 bits per heavy atom. The van der Waals surface area contributed by atoms with Crippen LogP contribution in [-0.4, -0.2) is 11.0 Å². The maximum Gasteiger partial charge on any atom is 0.123 e. The molecule has 1 atom stereocenters. The van der Waals surface area contributed by atoms with Gasteiger partial charge in [-0.25, -0.2) is 4.39 Å². The molecule has 1 heterocycles. The Labute approximate surface area is 111 Å². The molecule has 0 spiro atoms. The van der Waals surface area contributed by atoms with Crippen molar-refractivity contribution in [3.05, 3.63) is 59.1 Å². The number of benzene rings is 1. The van der Waals surface area contributed by atoms with Crippen LogP contribution in [0.2, 0.25) is 5.02 Å². The van der Waals surface area contributed by atoms with Gasteiger partial charge >= 0.3 is 0 Å². The summed E-state index contributed by atoms with van der Waals surface area (Å²) in [5.74, 6) is -0.209. The number of hydrogen-bond acceptors (Lipinski definition) is 2. The zero-order chi connectivity index (χ0) is 13.0. The summed E-state index contributed by atoms with van der Waals surface area (Å²) in [6.45, 7) is 2.02. The van der Waals surface area contributed by atoms with E-state index in [0.717, 1.165) is 17.7 Å². The van der Waals surface area contributed by atoms with Gasteiger partial charge in [0.2, 0.25) is 0 Å². The van der Waals surface area contributed by atoms with Gasteiger partial charge in [-0.3, -0.25) is 4.98 Å². The highest BCUT2D eigenvalue weighted by molar-refractivity contribution is 6.33. The van der Waals surface area contributed by atoms with Gasteiger partial charge in [0.05, 0.1) is 16.9 Å². The van der Waals surface area contributed by atoms with E-state index in [-0.39, 0.29) is 11.9 Å². The Morgan fingerprint density at radius 3 is 2.94 bits per heavy atom. The molecule has 0 saturated carbocycles. The molecule has 0 aliphatic carbocycles. The van der Waals surface area contributed by atoms with Crippen LogP contribution in [0.5, 0.6) is 0 Å². The zero-order valence-corrected chi connectivity index (χ0v) is 10.8. The molecule has 2 aromatic rings. The minimum absolute atomic E-state index is 0.147. The summed E-state index contributed by atoms with van der Waals surface area (Å²) in [4.78, 5) is 4.01. The molecular weight excluding hydrogens is 251 g/mol. The normalized spacial score (nSPS) is 12.2. The fourth-order valence-electron chi connectivity index (χ4n) is 1.82. The predicted octanol–water partition coefficient (Wildman–Crippen LogP) is 3.92. The maximum atomic E-state index is 13.1. The van der Waals surface area contributed by atoms with Gasteiger partial charge in [0.25, 0.3) is 0 Å². The summed E-state index contributed by atoms with van der Waals surface area (Å²) in [6.07, 6.45) is 4.05. The first-order valence-electron chi connectivity index (χ1n) is 5.75. The minimum atomic E-state index is -0.209. The lowest BCUT2D eigenvalue weighted by Crippen LogP contribution is -2.18. The SMILES string of the molecule is CC(Cc1cccc(F)c1)Nc1cnccc1Cl. The molecule has 4 heteroatoms. The monoisotopic (exact) mass is 264 g/mol. The van der Waals surface area contributed by atoms with E-state index in [0.29, 0.717) is 5.02 Å². The lowest BCUT2D eigenvalue weighted by molar-refractivity contribution is 0.624. The van der Waals surface area contributed by atoms with Gasteiger partial charge < -0.3 is 5.32 Å². The smallest absolute Gasteiger partial charge is 0.123 e. The van der Waals surface area contributed by atoms with Crippen LogP contribution in [0.25, 0.3) is 0 Å². The van der Waals surface area contributed by atoms with E-state index in [1.165, 1.54) is 6.07 Å². The molecular formula is C14H14ClFN2. The highest BCUT2D eigenvalue weighted by Crippen LogP contribution is 2.20. The van der Waals surface area contributed by atoms with E-state index in [4.69, 9.17) is 11.6 Å². The van der Waals surface area contributed by atoms with E-state index < -0.39 is 0 Å². The summed E-state index contributed by atoms with van der Waals surface area (Å²) in [5.41, 5.74) is 1.75. The lowest BCUT2D eigenvalue weighted by Gasteiger charge is -2.16. The Kier molecular flexibility index (Phi) is 4.15. The second kappa shape index (κ2) is 5.83. The molecule has 2 nitrogen and oxygen atoms in total. The van der Waals surface area contributed by atoms with Crippen LogP contribution in [0.3, 0.4) is 0 Å².